The Bertz CT molecular complexity index is 363. The summed E-state index contributed by atoms with van der Waals surface area (Å²) in [6, 6.07) is -0.646. The van der Waals surface area contributed by atoms with Gasteiger partial charge in [-0.15, -0.1) is 0 Å². The number of hydrogen-bond donors (Lipinski definition) is 1. The predicted octanol–water partition coefficient (Wildman–Crippen LogP) is 2.57. The van der Waals surface area contributed by atoms with E-state index in [9.17, 15) is 9.59 Å². The number of nitrogens with zero attached hydrogens (tertiary/aromatic N) is 1. The lowest BCUT2D eigenvalue weighted by Gasteiger charge is -2.43. The van der Waals surface area contributed by atoms with E-state index in [1.807, 2.05) is 18.7 Å². The Morgan fingerprint density at radius 1 is 1.25 bits per heavy atom. The Kier molecular flexibility index (Phi) is 5.60. The molecular weight excluding hydrogens is 252 g/mol. The molecule has 1 aliphatic rings. The number of piperazine rings is 1. The molecular formula is C16H30N2O2. The van der Waals surface area contributed by atoms with Gasteiger partial charge < -0.3 is 10.2 Å². The van der Waals surface area contributed by atoms with Crippen LogP contribution in [0.25, 0.3) is 0 Å². The standard InChI is InChI=1S/C16H30N2O2/c1-7-9-12-15(20)18(10-16(5,6)11(3)4)13(8-2)14(19)17-12/h11-13H,7-10H2,1-6H3,(H,17,19). The molecule has 2 amide bonds. The Balaban J connectivity index is 2.97. The third-order valence-corrected chi connectivity index (χ3v) is 4.68. The monoisotopic (exact) mass is 282 g/mol. The molecule has 116 valence electrons. The summed E-state index contributed by atoms with van der Waals surface area (Å²) in [7, 11) is 0. The predicted molar refractivity (Wildman–Crippen MR) is 81.2 cm³/mol. The molecule has 2 unspecified atom stereocenters. The second-order valence-corrected chi connectivity index (χ2v) is 6.88. The van der Waals surface area contributed by atoms with Crippen LogP contribution in [0, 0.1) is 11.3 Å². The van der Waals surface area contributed by atoms with E-state index in [0.717, 1.165) is 12.8 Å². The Labute approximate surface area is 123 Å². The molecule has 0 spiro atoms. The lowest BCUT2D eigenvalue weighted by Crippen LogP contribution is -2.64. The minimum atomic E-state index is -0.335. The maximum Gasteiger partial charge on any atom is 0.245 e. The van der Waals surface area contributed by atoms with Gasteiger partial charge in [0.2, 0.25) is 11.8 Å². The molecule has 0 saturated carbocycles. The molecule has 20 heavy (non-hydrogen) atoms. The van der Waals surface area contributed by atoms with Gasteiger partial charge in [0.25, 0.3) is 0 Å². The molecule has 1 heterocycles. The molecule has 1 N–H and O–H groups in total. The third-order valence-electron chi connectivity index (χ3n) is 4.68. The average Bonchev–Trinajstić information content (AvgIpc) is 2.35. The van der Waals surface area contributed by atoms with Gasteiger partial charge in [0, 0.05) is 6.54 Å². The van der Waals surface area contributed by atoms with E-state index in [1.54, 1.807) is 0 Å². The van der Waals surface area contributed by atoms with Crippen LogP contribution in [0.4, 0.5) is 0 Å². The van der Waals surface area contributed by atoms with Crippen LogP contribution in [0.3, 0.4) is 0 Å². The van der Waals surface area contributed by atoms with Crippen LogP contribution in [0.15, 0.2) is 0 Å². The van der Waals surface area contributed by atoms with Crippen molar-refractivity contribution in [3.63, 3.8) is 0 Å². The van der Waals surface area contributed by atoms with Crippen LogP contribution in [-0.4, -0.2) is 35.3 Å². The van der Waals surface area contributed by atoms with Crippen molar-refractivity contribution < 1.29 is 9.59 Å². The highest BCUT2D eigenvalue weighted by molar-refractivity contribution is 5.96. The zero-order valence-electron chi connectivity index (χ0n) is 13.8. The number of rotatable bonds is 6. The fraction of sp³-hybridized carbons (Fsp3) is 0.875. The van der Waals surface area contributed by atoms with Crippen molar-refractivity contribution in [3.8, 4) is 0 Å². The number of hydrogen-bond acceptors (Lipinski definition) is 2. The average molecular weight is 282 g/mol. The molecule has 2 atom stereocenters. The van der Waals surface area contributed by atoms with Gasteiger partial charge in [0.05, 0.1) is 0 Å². The first-order chi connectivity index (χ1) is 9.24. The minimum Gasteiger partial charge on any atom is -0.343 e. The molecule has 0 aromatic rings. The summed E-state index contributed by atoms with van der Waals surface area (Å²) in [4.78, 5) is 26.7. The van der Waals surface area contributed by atoms with Crippen LogP contribution in [-0.2, 0) is 9.59 Å². The topological polar surface area (TPSA) is 49.4 Å². The van der Waals surface area contributed by atoms with E-state index in [1.165, 1.54) is 0 Å². The SMILES string of the molecule is CCCC1NC(=O)C(CC)N(CC(C)(C)C(C)C)C1=O. The van der Waals surface area contributed by atoms with Crippen LogP contribution in [0.1, 0.15) is 60.8 Å². The highest BCUT2D eigenvalue weighted by atomic mass is 16.2. The normalized spacial score (nSPS) is 24.2. The van der Waals surface area contributed by atoms with Crippen molar-refractivity contribution in [1.82, 2.24) is 10.2 Å². The Hall–Kier alpha value is -1.06. The van der Waals surface area contributed by atoms with E-state index >= 15 is 0 Å². The molecule has 1 aliphatic heterocycles. The van der Waals surface area contributed by atoms with Crippen molar-refractivity contribution >= 4 is 11.8 Å². The van der Waals surface area contributed by atoms with Crippen molar-refractivity contribution in [1.29, 1.82) is 0 Å². The fourth-order valence-electron chi connectivity index (χ4n) is 2.52. The van der Waals surface area contributed by atoms with E-state index in [4.69, 9.17) is 0 Å². The molecule has 4 nitrogen and oxygen atoms in total. The molecule has 0 bridgehead atoms. The first kappa shape index (κ1) is 17.0. The van der Waals surface area contributed by atoms with E-state index in [0.29, 0.717) is 18.9 Å². The van der Waals surface area contributed by atoms with Gasteiger partial charge in [-0.05, 0) is 24.2 Å². The first-order valence-electron chi connectivity index (χ1n) is 7.85. The van der Waals surface area contributed by atoms with Gasteiger partial charge >= 0.3 is 0 Å². The number of carbonyl (C=O) groups is 2. The van der Waals surface area contributed by atoms with Gasteiger partial charge in [0.15, 0.2) is 0 Å². The maximum atomic E-state index is 12.6. The fourth-order valence-corrected chi connectivity index (χ4v) is 2.52. The van der Waals surface area contributed by atoms with Gasteiger partial charge in [-0.3, -0.25) is 9.59 Å². The van der Waals surface area contributed by atoms with Gasteiger partial charge in [-0.2, -0.15) is 0 Å². The highest BCUT2D eigenvalue weighted by Crippen LogP contribution is 2.30. The Morgan fingerprint density at radius 3 is 2.30 bits per heavy atom. The molecule has 4 heteroatoms. The van der Waals surface area contributed by atoms with Crippen molar-refractivity contribution in [2.75, 3.05) is 6.54 Å². The van der Waals surface area contributed by atoms with Crippen LogP contribution in [0.5, 0.6) is 0 Å². The number of amides is 2. The quantitative estimate of drug-likeness (QED) is 0.814. The van der Waals surface area contributed by atoms with Crippen molar-refractivity contribution in [2.45, 2.75) is 72.9 Å². The summed E-state index contributed by atoms with van der Waals surface area (Å²) in [5, 5.41) is 2.88. The highest BCUT2D eigenvalue weighted by Gasteiger charge is 2.41. The van der Waals surface area contributed by atoms with Gasteiger partial charge in [-0.25, -0.2) is 0 Å². The molecule has 0 aromatic heterocycles. The van der Waals surface area contributed by atoms with Gasteiger partial charge in [0.1, 0.15) is 12.1 Å². The lowest BCUT2D eigenvalue weighted by atomic mass is 9.80. The van der Waals surface area contributed by atoms with Crippen LogP contribution >= 0.6 is 0 Å². The lowest BCUT2D eigenvalue weighted by molar-refractivity contribution is -0.151. The number of carbonyl (C=O) groups excluding carboxylic acids is 2. The molecule has 1 saturated heterocycles. The summed E-state index contributed by atoms with van der Waals surface area (Å²) < 4.78 is 0. The summed E-state index contributed by atoms with van der Waals surface area (Å²) in [5.41, 5.74) is 0.0114. The second-order valence-electron chi connectivity index (χ2n) is 6.88. The van der Waals surface area contributed by atoms with E-state index < -0.39 is 0 Å². The zero-order chi connectivity index (χ0) is 15.5. The van der Waals surface area contributed by atoms with Crippen LogP contribution in [0.2, 0.25) is 0 Å². The third kappa shape index (κ3) is 3.53. The summed E-state index contributed by atoms with van der Waals surface area (Å²) in [5.74, 6) is 0.555. The number of nitrogens with one attached hydrogen (secondary N) is 1. The van der Waals surface area contributed by atoms with Crippen molar-refractivity contribution in [2.24, 2.45) is 11.3 Å². The minimum absolute atomic E-state index is 0.00473. The zero-order valence-corrected chi connectivity index (χ0v) is 13.8. The van der Waals surface area contributed by atoms with Gasteiger partial charge in [-0.1, -0.05) is 48.0 Å². The summed E-state index contributed by atoms with van der Waals surface area (Å²) >= 11 is 0. The molecule has 1 fully saturated rings. The first-order valence-corrected chi connectivity index (χ1v) is 7.85. The second kappa shape index (κ2) is 6.59. The smallest absolute Gasteiger partial charge is 0.245 e. The molecule has 0 radical (unpaired) electrons. The van der Waals surface area contributed by atoms with E-state index in [-0.39, 0.29) is 29.3 Å². The van der Waals surface area contributed by atoms with Crippen LogP contribution < -0.4 is 5.32 Å². The van der Waals surface area contributed by atoms with Crippen molar-refractivity contribution in [3.05, 3.63) is 0 Å². The molecule has 0 aliphatic carbocycles. The largest absolute Gasteiger partial charge is 0.343 e. The molecule has 0 aromatic carbocycles. The Morgan fingerprint density at radius 2 is 1.85 bits per heavy atom. The van der Waals surface area contributed by atoms with E-state index in [2.05, 4.69) is 33.0 Å². The maximum absolute atomic E-state index is 12.6. The molecule has 1 rings (SSSR count). The summed E-state index contributed by atoms with van der Waals surface area (Å²) in [6.07, 6.45) is 2.29. The summed E-state index contributed by atoms with van der Waals surface area (Å²) in [6.45, 7) is 13.3.